The second kappa shape index (κ2) is 12.0. The Morgan fingerprint density at radius 1 is 1.17 bits per heavy atom. The summed E-state index contributed by atoms with van der Waals surface area (Å²) in [4.78, 5) is 11.6. The van der Waals surface area contributed by atoms with E-state index in [1.807, 2.05) is 19.1 Å². The van der Waals surface area contributed by atoms with Crippen molar-refractivity contribution in [2.24, 2.45) is 5.73 Å². The second-order valence-electron chi connectivity index (χ2n) is 8.00. The highest BCUT2D eigenvalue weighted by molar-refractivity contribution is 7.80. The van der Waals surface area contributed by atoms with E-state index in [1.54, 1.807) is 42.5 Å². The molecule has 8 heteroatoms. The summed E-state index contributed by atoms with van der Waals surface area (Å²) in [5, 5.41) is 15.7. The van der Waals surface area contributed by atoms with Crippen LogP contribution in [0.2, 0.25) is 0 Å². The number of amides is 1. The maximum atomic E-state index is 15.0. The molecule has 0 saturated carbocycles. The third-order valence-electron chi connectivity index (χ3n) is 5.44. The summed E-state index contributed by atoms with van der Waals surface area (Å²) < 4.78 is 21.0. The first-order chi connectivity index (χ1) is 16.8. The van der Waals surface area contributed by atoms with Crippen LogP contribution in [-0.2, 0) is 0 Å². The molecule has 0 heterocycles. The van der Waals surface area contributed by atoms with Crippen LogP contribution in [0, 0.1) is 17.1 Å². The van der Waals surface area contributed by atoms with Gasteiger partial charge in [-0.2, -0.15) is 5.26 Å². The smallest absolute Gasteiger partial charge is 0.251 e. The van der Waals surface area contributed by atoms with Gasteiger partial charge in [-0.3, -0.25) is 4.79 Å². The Labute approximate surface area is 209 Å². The van der Waals surface area contributed by atoms with Crippen molar-refractivity contribution in [3.05, 3.63) is 83.2 Å². The Balaban J connectivity index is 1.82. The molecule has 180 valence electrons. The van der Waals surface area contributed by atoms with Crippen LogP contribution >= 0.6 is 12.2 Å². The lowest BCUT2D eigenvalue weighted by Crippen LogP contribution is -2.30. The molecule has 0 fully saturated rings. The van der Waals surface area contributed by atoms with E-state index in [1.165, 1.54) is 6.07 Å². The van der Waals surface area contributed by atoms with Crippen LogP contribution in [0.25, 0.3) is 11.1 Å². The first kappa shape index (κ1) is 25.7. The predicted octanol–water partition coefficient (Wildman–Crippen LogP) is 5.69. The van der Waals surface area contributed by atoms with Gasteiger partial charge in [0.15, 0.2) is 5.11 Å². The van der Waals surface area contributed by atoms with Crippen LogP contribution < -0.4 is 21.1 Å². The van der Waals surface area contributed by atoms with Gasteiger partial charge in [-0.05, 0) is 61.5 Å². The number of carbonyl (C=O) groups is 1. The molecular formula is C27H27FN4O2S. The van der Waals surface area contributed by atoms with E-state index in [4.69, 9.17) is 28.0 Å². The number of nitrogens with one attached hydrogen (secondary N) is 2. The van der Waals surface area contributed by atoms with Crippen LogP contribution in [0.15, 0.2) is 60.7 Å². The molecule has 3 rings (SSSR count). The van der Waals surface area contributed by atoms with Crippen molar-refractivity contribution in [3.63, 3.8) is 0 Å². The van der Waals surface area contributed by atoms with Gasteiger partial charge < -0.3 is 21.1 Å². The normalized spacial score (nSPS) is 11.3. The van der Waals surface area contributed by atoms with E-state index < -0.39 is 11.7 Å². The quantitative estimate of drug-likeness (QED) is 0.263. The fourth-order valence-corrected chi connectivity index (χ4v) is 3.79. The molecule has 35 heavy (non-hydrogen) atoms. The molecule has 1 unspecified atom stereocenters. The molecule has 3 aromatic carbocycles. The standard InChI is InChI=1S/C27H27FN4O2S/c1-3-4-14-34-24-15-20(12-13-21(24)22-6-5-7-23(25(22)28)26(30)33)32-27(35)31-17(2)19-10-8-18(16-29)9-11-19/h5-13,15,17H,3-4,14H2,1-2H3,(H2,30,33)(H2,31,32,35). The summed E-state index contributed by atoms with van der Waals surface area (Å²) in [6.45, 7) is 4.48. The molecule has 0 spiro atoms. The van der Waals surface area contributed by atoms with E-state index in [0.717, 1.165) is 18.4 Å². The third kappa shape index (κ3) is 6.55. The molecule has 0 aliphatic carbocycles. The summed E-state index contributed by atoms with van der Waals surface area (Å²) in [6.07, 6.45) is 1.78. The minimum atomic E-state index is -0.830. The van der Waals surface area contributed by atoms with E-state index >= 15 is 4.39 Å². The predicted molar refractivity (Wildman–Crippen MR) is 140 cm³/mol. The monoisotopic (exact) mass is 490 g/mol. The molecule has 3 aromatic rings. The van der Waals surface area contributed by atoms with Crippen LogP contribution in [0.4, 0.5) is 10.1 Å². The number of nitrogens with zero attached hydrogens (tertiary/aromatic N) is 1. The van der Waals surface area contributed by atoms with E-state index in [2.05, 4.69) is 23.6 Å². The highest BCUT2D eigenvalue weighted by Crippen LogP contribution is 2.35. The summed E-state index contributed by atoms with van der Waals surface area (Å²) in [5.41, 5.74) is 8.12. The number of primary amides is 1. The lowest BCUT2D eigenvalue weighted by Gasteiger charge is -2.19. The minimum absolute atomic E-state index is 0.0899. The number of thiocarbonyl (C=S) groups is 1. The van der Waals surface area contributed by atoms with Gasteiger partial charge in [0.05, 0.1) is 29.8 Å². The first-order valence-electron chi connectivity index (χ1n) is 11.3. The molecule has 0 aliphatic rings. The van der Waals surface area contributed by atoms with E-state index in [0.29, 0.717) is 34.3 Å². The van der Waals surface area contributed by atoms with Crippen molar-refractivity contribution < 1.29 is 13.9 Å². The van der Waals surface area contributed by atoms with Crippen LogP contribution in [0.3, 0.4) is 0 Å². The lowest BCUT2D eigenvalue weighted by atomic mass is 10.0. The average molecular weight is 491 g/mol. The van der Waals surface area contributed by atoms with Gasteiger partial charge in [0, 0.05) is 22.9 Å². The number of hydrogen-bond donors (Lipinski definition) is 3. The number of unbranched alkanes of at least 4 members (excludes halogenated alkanes) is 1. The molecule has 6 nitrogen and oxygen atoms in total. The highest BCUT2D eigenvalue weighted by atomic mass is 32.1. The number of ether oxygens (including phenoxy) is 1. The van der Waals surface area contributed by atoms with Gasteiger partial charge in [-0.1, -0.05) is 37.6 Å². The summed E-state index contributed by atoms with van der Waals surface area (Å²) in [6, 6.07) is 19.0. The van der Waals surface area contributed by atoms with Crippen LogP contribution in [0.5, 0.6) is 5.75 Å². The molecule has 0 aromatic heterocycles. The third-order valence-corrected chi connectivity index (χ3v) is 5.66. The van der Waals surface area contributed by atoms with Crippen LogP contribution in [-0.4, -0.2) is 17.6 Å². The maximum absolute atomic E-state index is 15.0. The van der Waals surface area contributed by atoms with Gasteiger partial charge in [0.2, 0.25) is 0 Å². The minimum Gasteiger partial charge on any atom is -0.493 e. The number of halogens is 1. The lowest BCUT2D eigenvalue weighted by molar-refractivity contribution is 0.0996. The number of benzene rings is 3. The van der Waals surface area contributed by atoms with Gasteiger partial charge in [0.25, 0.3) is 5.91 Å². The molecule has 0 radical (unpaired) electrons. The number of carbonyl (C=O) groups excluding carboxylic acids is 1. The Morgan fingerprint density at radius 3 is 2.57 bits per heavy atom. The molecule has 0 aliphatic heterocycles. The zero-order valence-electron chi connectivity index (χ0n) is 19.6. The number of nitriles is 1. The molecular weight excluding hydrogens is 463 g/mol. The largest absolute Gasteiger partial charge is 0.493 e. The van der Waals surface area contributed by atoms with Gasteiger partial charge in [0.1, 0.15) is 11.6 Å². The molecule has 0 bridgehead atoms. The topological polar surface area (TPSA) is 100 Å². The highest BCUT2D eigenvalue weighted by Gasteiger charge is 2.17. The van der Waals surface area contributed by atoms with E-state index in [9.17, 15) is 4.79 Å². The molecule has 4 N–H and O–H groups in total. The zero-order valence-corrected chi connectivity index (χ0v) is 20.4. The first-order valence-corrected chi connectivity index (χ1v) is 11.7. The van der Waals surface area contributed by atoms with Crippen molar-refractivity contribution in [2.75, 3.05) is 11.9 Å². The molecule has 1 atom stereocenters. The van der Waals surface area contributed by atoms with E-state index in [-0.39, 0.29) is 17.2 Å². The Bertz CT molecular complexity index is 1260. The summed E-state index contributed by atoms with van der Waals surface area (Å²) in [5.74, 6) is -1.05. The van der Waals surface area contributed by atoms with Crippen molar-refractivity contribution in [1.82, 2.24) is 5.32 Å². The maximum Gasteiger partial charge on any atom is 0.251 e. The Hall–Kier alpha value is -3.96. The zero-order chi connectivity index (χ0) is 25.4. The Kier molecular flexibility index (Phi) is 8.76. The van der Waals surface area contributed by atoms with Crippen LogP contribution in [0.1, 0.15) is 54.2 Å². The number of hydrogen-bond acceptors (Lipinski definition) is 4. The molecule has 0 saturated heterocycles. The molecule has 1 amide bonds. The van der Waals surface area contributed by atoms with Gasteiger partial charge in [-0.25, -0.2) is 4.39 Å². The summed E-state index contributed by atoms with van der Waals surface area (Å²) in [7, 11) is 0. The van der Waals surface area contributed by atoms with Gasteiger partial charge in [-0.15, -0.1) is 0 Å². The number of anilines is 1. The Morgan fingerprint density at radius 2 is 1.91 bits per heavy atom. The fraction of sp³-hybridized carbons (Fsp3) is 0.222. The summed E-state index contributed by atoms with van der Waals surface area (Å²) >= 11 is 5.48. The van der Waals surface area contributed by atoms with Crippen molar-refractivity contribution in [1.29, 1.82) is 5.26 Å². The fourth-order valence-electron chi connectivity index (χ4n) is 3.49. The van der Waals surface area contributed by atoms with Gasteiger partial charge >= 0.3 is 0 Å². The second-order valence-corrected chi connectivity index (χ2v) is 8.41. The van der Waals surface area contributed by atoms with Crippen molar-refractivity contribution in [2.45, 2.75) is 32.7 Å². The van der Waals surface area contributed by atoms with Crippen molar-refractivity contribution in [3.8, 4) is 22.9 Å². The number of rotatable bonds is 9. The SMILES string of the molecule is CCCCOc1cc(NC(=S)NC(C)c2ccc(C#N)cc2)ccc1-c1cccc(C(N)=O)c1F. The number of nitrogens with two attached hydrogens (primary N) is 1. The average Bonchev–Trinajstić information content (AvgIpc) is 2.84. The van der Waals surface area contributed by atoms with Crippen molar-refractivity contribution >= 4 is 28.9 Å².